The molecule has 96 valence electrons. The van der Waals surface area contributed by atoms with E-state index in [1.54, 1.807) is 0 Å². The number of carbonyl (C=O) groups excluding carboxylic acids is 1. The Bertz CT molecular complexity index is 185. The van der Waals surface area contributed by atoms with Gasteiger partial charge in [0.25, 0.3) is 0 Å². The SMILES string of the molecule is CCCCSCCOC(=O)CCC(C)(C)C. The molecule has 0 atom stereocenters. The van der Waals surface area contributed by atoms with Crippen LogP contribution in [0.4, 0.5) is 0 Å². The lowest BCUT2D eigenvalue weighted by molar-refractivity contribution is -0.143. The molecule has 0 aliphatic carbocycles. The Hall–Kier alpha value is -0.180. The molecule has 0 saturated heterocycles. The topological polar surface area (TPSA) is 26.3 Å². The monoisotopic (exact) mass is 246 g/mol. The fourth-order valence-electron chi connectivity index (χ4n) is 1.11. The van der Waals surface area contributed by atoms with Crippen LogP contribution in [0, 0.1) is 5.41 Å². The Morgan fingerprint density at radius 3 is 2.50 bits per heavy atom. The van der Waals surface area contributed by atoms with Crippen molar-refractivity contribution in [1.82, 2.24) is 0 Å². The molecule has 3 heteroatoms. The van der Waals surface area contributed by atoms with Crippen LogP contribution < -0.4 is 0 Å². The van der Waals surface area contributed by atoms with Crippen LogP contribution in [0.2, 0.25) is 0 Å². The van der Waals surface area contributed by atoms with Crippen molar-refractivity contribution >= 4 is 17.7 Å². The summed E-state index contributed by atoms with van der Waals surface area (Å²) in [6, 6.07) is 0. The largest absolute Gasteiger partial charge is 0.465 e. The van der Waals surface area contributed by atoms with Crippen molar-refractivity contribution in [2.24, 2.45) is 5.41 Å². The third-order valence-electron chi connectivity index (χ3n) is 2.21. The van der Waals surface area contributed by atoms with Gasteiger partial charge >= 0.3 is 5.97 Å². The van der Waals surface area contributed by atoms with Crippen molar-refractivity contribution in [2.75, 3.05) is 18.1 Å². The Labute approximate surface area is 105 Å². The fourth-order valence-corrected chi connectivity index (χ4v) is 2.01. The zero-order chi connectivity index (χ0) is 12.4. The van der Waals surface area contributed by atoms with Crippen molar-refractivity contribution in [3.05, 3.63) is 0 Å². The van der Waals surface area contributed by atoms with Crippen LogP contribution in [0.5, 0.6) is 0 Å². The van der Waals surface area contributed by atoms with Gasteiger partial charge in [-0.3, -0.25) is 4.79 Å². The highest BCUT2D eigenvalue weighted by Crippen LogP contribution is 2.20. The summed E-state index contributed by atoms with van der Waals surface area (Å²) >= 11 is 1.87. The first-order valence-electron chi connectivity index (χ1n) is 6.19. The molecule has 0 aromatic carbocycles. The normalized spacial score (nSPS) is 11.5. The molecular formula is C13H26O2S. The number of ether oxygens (including phenoxy) is 1. The van der Waals surface area contributed by atoms with Crippen LogP contribution in [-0.4, -0.2) is 24.1 Å². The van der Waals surface area contributed by atoms with E-state index < -0.39 is 0 Å². The predicted molar refractivity (Wildman–Crippen MR) is 71.9 cm³/mol. The molecule has 0 aromatic rings. The van der Waals surface area contributed by atoms with E-state index in [9.17, 15) is 4.79 Å². The van der Waals surface area contributed by atoms with Gasteiger partial charge in [0.15, 0.2) is 0 Å². The van der Waals surface area contributed by atoms with Gasteiger partial charge in [-0.25, -0.2) is 0 Å². The molecule has 0 fully saturated rings. The summed E-state index contributed by atoms with van der Waals surface area (Å²) in [5.41, 5.74) is 0.217. The Morgan fingerprint density at radius 1 is 1.25 bits per heavy atom. The van der Waals surface area contributed by atoms with E-state index in [-0.39, 0.29) is 11.4 Å². The molecule has 0 unspecified atom stereocenters. The molecule has 0 N–H and O–H groups in total. The number of thioether (sulfide) groups is 1. The van der Waals surface area contributed by atoms with Gasteiger partial charge < -0.3 is 4.74 Å². The highest BCUT2D eigenvalue weighted by Gasteiger charge is 2.13. The lowest BCUT2D eigenvalue weighted by Gasteiger charge is -2.16. The average Bonchev–Trinajstić information content (AvgIpc) is 2.19. The van der Waals surface area contributed by atoms with Gasteiger partial charge in [0, 0.05) is 12.2 Å². The summed E-state index contributed by atoms with van der Waals surface area (Å²) in [6.07, 6.45) is 3.93. The average molecular weight is 246 g/mol. The van der Waals surface area contributed by atoms with Crippen molar-refractivity contribution in [2.45, 2.75) is 53.4 Å². The van der Waals surface area contributed by atoms with Crippen LogP contribution in [-0.2, 0) is 9.53 Å². The van der Waals surface area contributed by atoms with Gasteiger partial charge in [-0.1, -0.05) is 34.1 Å². The molecule has 0 spiro atoms. The van der Waals surface area contributed by atoms with Gasteiger partial charge in [0.1, 0.15) is 6.61 Å². The van der Waals surface area contributed by atoms with Gasteiger partial charge in [0.05, 0.1) is 0 Å². The van der Waals surface area contributed by atoms with E-state index >= 15 is 0 Å². The molecule has 0 aliphatic rings. The van der Waals surface area contributed by atoms with Gasteiger partial charge in [-0.05, 0) is 24.0 Å². The first-order valence-corrected chi connectivity index (χ1v) is 7.34. The summed E-state index contributed by atoms with van der Waals surface area (Å²) in [5, 5.41) is 0. The van der Waals surface area contributed by atoms with Crippen LogP contribution in [0.3, 0.4) is 0 Å². The zero-order valence-electron chi connectivity index (χ0n) is 11.2. The van der Waals surface area contributed by atoms with Crippen LogP contribution >= 0.6 is 11.8 Å². The molecule has 0 bridgehead atoms. The maximum Gasteiger partial charge on any atom is 0.305 e. The summed E-state index contributed by atoms with van der Waals surface area (Å²) in [7, 11) is 0. The molecule has 0 aromatic heterocycles. The first kappa shape index (κ1) is 15.8. The standard InChI is InChI=1S/C13H26O2S/c1-5-6-10-16-11-9-15-12(14)7-8-13(2,3)4/h5-11H2,1-4H3. The molecule has 0 heterocycles. The molecular weight excluding hydrogens is 220 g/mol. The van der Waals surface area contributed by atoms with Crippen molar-refractivity contribution in [3.8, 4) is 0 Å². The minimum Gasteiger partial charge on any atom is -0.465 e. The van der Waals surface area contributed by atoms with Crippen LogP contribution in [0.15, 0.2) is 0 Å². The van der Waals surface area contributed by atoms with Crippen molar-refractivity contribution in [1.29, 1.82) is 0 Å². The molecule has 2 nitrogen and oxygen atoms in total. The summed E-state index contributed by atoms with van der Waals surface area (Å²) < 4.78 is 5.16. The second-order valence-electron chi connectivity index (χ2n) is 5.25. The number of rotatable bonds is 8. The summed E-state index contributed by atoms with van der Waals surface area (Å²) in [5.74, 6) is 2.06. The number of unbranched alkanes of at least 4 members (excludes halogenated alkanes) is 1. The Kier molecular flexibility index (Phi) is 8.81. The number of carbonyl (C=O) groups is 1. The second kappa shape index (κ2) is 8.91. The summed E-state index contributed by atoms with van der Waals surface area (Å²) in [6.45, 7) is 9.17. The van der Waals surface area contributed by atoms with Crippen molar-refractivity contribution in [3.63, 3.8) is 0 Å². The quantitative estimate of drug-likeness (QED) is 0.480. The van der Waals surface area contributed by atoms with Crippen LogP contribution in [0.25, 0.3) is 0 Å². The molecule has 16 heavy (non-hydrogen) atoms. The molecule has 0 saturated carbocycles. The van der Waals surface area contributed by atoms with Gasteiger partial charge in [0.2, 0.25) is 0 Å². The fraction of sp³-hybridized carbons (Fsp3) is 0.923. The van der Waals surface area contributed by atoms with Gasteiger partial charge in [-0.15, -0.1) is 0 Å². The lowest BCUT2D eigenvalue weighted by Crippen LogP contribution is -2.12. The maximum atomic E-state index is 11.3. The van der Waals surface area contributed by atoms with E-state index in [1.165, 1.54) is 18.6 Å². The molecule has 0 rings (SSSR count). The number of esters is 1. The zero-order valence-corrected chi connectivity index (χ0v) is 12.0. The highest BCUT2D eigenvalue weighted by atomic mass is 32.2. The van der Waals surface area contributed by atoms with Gasteiger partial charge in [-0.2, -0.15) is 11.8 Å². The minimum atomic E-state index is -0.0500. The molecule has 0 amide bonds. The second-order valence-corrected chi connectivity index (χ2v) is 6.47. The molecule has 0 radical (unpaired) electrons. The number of hydrogen-bond donors (Lipinski definition) is 0. The first-order chi connectivity index (χ1) is 7.45. The van der Waals surface area contributed by atoms with E-state index in [0.29, 0.717) is 13.0 Å². The maximum absolute atomic E-state index is 11.3. The molecule has 0 aliphatic heterocycles. The smallest absolute Gasteiger partial charge is 0.305 e. The highest BCUT2D eigenvalue weighted by molar-refractivity contribution is 7.99. The van der Waals surface area contributed by atoms with Crippen LogP contribution in [0.1, 0.15) is 53.4 Å². The third kappa shape index (κ3) is 11.9. The summed E-state index contributed by atoms with van der Waals surface area (Å²) in [4.78, 5) is 11.3. The lowest BCUT2D eigenvalue weighted by atomic mass is 9.91. The van der Waals surface area contributed by atoms with Crippen molar-refractivity contribution < 1.29 is 9.53 Å². The Balaban J connectivity index is 3.31. The van der Waals surface area contributed by atoms with E-state index in [4.69, 9.17) is 4.74 Å². The predicted octanol–water partition coefficient (Wildman–Crippen LogP) is 3.89. The van der Waals surface area contributed by atoms with E-state index in [2.05, 4.69) is 27.7 Å². The minimum absolute atomic E-state index is 0.0500. The van der Waals surface area contributed by atoms with E-state index in [1.807, 2.05) is 11.8 Å². The third-order valence-corrected chi connectivity index (χ3v) is 3.24. The van der Waals surface area contributed by atoms with E-state index in [0.717, 1.165) is 12.2 Å². The number of hydrogen-bond acceptors (Lipinski definition) is 3. The Morgan fingerprint density at radius 2 is 1.94 bits per heavy atom.